The summed E-state index contributed by atoms with van der Waals surface area (Å²) in [6, 6.07) is 0. The second-order valence-electron chi connectivity index (χ2n) is 14.8. The predicted molar refractivity (Wildman–Crippen MR) is 154 cm³/mol. The highest BCUT2D eigenvalue weighted by Gasteiger charge is 2.59. The molecule has 0 bridgehead atoms. The molecule has 40 heavy (non-hydrogen) atoms. The van der Waals surface area contributed by atoms with Gasteiger partial charge in [0.1, 0.15) is 24.4 Å². The van der Waals surface area contributed by atoms with Gasteiger partial charge >= 0.3 is 5.97 Å². The first-order chi connectivity index (χ1) is 18.8. The molecule has 0 spiro atoms. The zero-order chi connectivity index (χ0) is 29.4. The van der Waals surface area contributed by atoms with Crippen LogP contribution in [-0.4, -0.2) is 68.6 Å². The van der Waals surface area contributed by atoms with Crippen molar-refractivity contribution < 1.29 is 35.1 Å². The van der Waals surface area contributed by atoms with Crippen molar-refractivity contribution in [2.24, 2.45) is 46.3 Å². The van der Waals surface area contributed by atoms with Crippen molar-refractivity contribution in [2.45, 2.75) is 136 Å². The quantitative estimate of drug-likeness (QED) is 0.186. The number of aliphatic hydroxyl groups excluding tert-OH is 5. The molecule has 3 saturated carbocycles. The van der Waals surface area contributed by atoms with Gasteiger partial charge in [0, 0.05) is 6.42 Å². The van der Waals surface area contributed by atoms with E-state index in [1.165, 1.54) is 50.5 Å². The van der Waals surface area contributed by atoms with Crippen LogP contribution in [-0.2, 0) is 9.53 Å². The van der Waals surface area contributed by atoms with Crippen molar-refractivity contribution >= 4 is 5.97 Å². The van der Waals surface area contributed by atoms with Gasteiger partial charge in [-0.25, -0.2) is 4.79 Å². The Morgan fingerprint density at radius 2 is 1.70 bits per heavy atom. The van der Waals surface area contributed by atoms with Crippen LogP contribution in [0.15, 0.2) is 11.6 Å². The SMILES string of the molecule is CC(C)CCCC(C)[C@H]1CC[C@H]2[C@@H]3CC=C4C[C@@H](OC(=O)C(O)C(O)C(O)C(O)CO)CC[C@]4(C)[C@H]3CC[C@]12C. The van der Waals surface area contributed by atoms with E-state index in [4.69, 9.17) is 9.84 Å². The number of allylic oxidation sites excluding steroid dienone is 1. The Hall–Kier alpha value is -0.990. The first kappa shape index (κ1) is 31.9. The monoisotopic (exact) mass is 564 g/mol. The topological polar surface area (TPSA) is 127 Å². The second-order valence-corrected chi connectivity index (χ2v) is 14.8. The molecule has 0 aliphatic heterocycles. The molecule has 5 N–H and O–H groups in total. The van der Waals surface area contributed by atoms with E-state index in [-0.39, 0.29) is 11.5 Å². The van der Waals surface area contributed by atoms with E-state index in [9.17, 15) is 25.2 Å². The third-order valence-electron chi connectivity index (χ3n) is 12.0. The van der Waals surface area contributed by atoms with Crippen LogP contribution in [0.5, 0.6) is 0 Å². The zero-order valence-corrected chi connectivity index (χ0v) is 25.5. The standard InChI is InChI=1S/C33H56O7/c1-19(2)7-6-8-20(3)24-11-12-25-23-10-9-21-17-22(13-15-32(21,4)26(23)14-16-33(24,25)5)40-31(39)30(38)29(37)28(36)27(35)18-34/h9,19-20,22-30,34-38H,6-8,10-18H2,1-5H3/t20?,22-,23-,24+,25-,26-,27?,28?,29?,30?,32-,33+/m0/s1. The van der Waals surface area contributed by atoms with E-state index >= 15 is 0 Å². The lowest BCUT2D eigenvalue weighted by atomic mass is 9.47. The number of aliphatic hydroxyl groups is 5. The summed E-state index contributed by atoms with van der Waals surface area (Å²) in [5, 5.41) is 48.7. The number of hydrogen-bond donors (Lipinski definition) is 5. The first-order valence-corrected chi connectivity index (χ1v) is 16.1. The molecule has 0 heterocycles. The normalized spacial score (nSPS) is 39.3. The molecular formula is C33H56O7. The molecule has 0 saturated heterocycles. The molecule has 0 aromatic carbocycles. The number of rotatable bonds is 11. The predicted octanol–water partition coefficient (Wildman–Crippen LogP) is 4.38. The molecule has 12 atom stereocenters. The van der Waals surface area contributed by atoms with Crippen LogP contribution < -0.4 is 0 Å². The number of ether oxygens (including phenoxy) is 1. The van der Waals surface area contributed by atoms with E-state index in [0.29, 0.717) is 24.2 Å². The van der Waals surface area contributed by atoms with Crippen molar-refractivity contribution in [2.75, 3.05) is 6.61 Å². The Morgan fingerprint density at radius 1 is 0.975 bits per heavy atom. The molecule has 0 amide bonds. The minimum absolute atomic E-state index is 0.105. The van der Waals surface area contributed by atoms with Gasteiger partial charge in [-0.3, -0.25) is 0 Å². The van der Waals surface area contributed by atoms with Gasteiger partial charge in [-0.2, -0.15) is 0 Å². The molecule has 0 aromatic rings. The number of fused-ring (bicyclic) bond motifs is 5. The average Bonchev–Trinajstić information content (AvgIpc) is 3.28. The van der Waals surface area contributed by atoms with Gasteiger partial charge in [-0.1, -0.05) is 65.5 Å². The number of esters is 1. The molecule has 4 rings (SSSR count). The highest BCUT2D eigenvalue weighted by atomic mass is 16.6. The summed E-state index contributed by atoms with van der Waals surface area (Å²) >= 11 is 0. The van der Waals surface area contributed by atoms with E-state index in [1.807, 2.05) is 0 Å². The van der Waals surface area contributed by atoms with Gasteiger partial charge in [0.2, 0.25) is 0 Å². The van der Waals surface area contributed by atoms with Crippen molar-refractivity contribution in [3.8, 4) is 0 Å². The van der Waals surface area contributed by atoms with Crippen LogP contribution in [0.25, 0.3) is 0 Å². The lowest BCUT2D eigenvalue weighted by molar-refractivity contribution is -0.177. The molecule has 0 radical (unpaired) electrons. The van der Waals surface area contributed by atoms with E-state index in [1.54, 1.807) is 0 Å². The first-order valence-electron chi connectivity index (χ1n) is 16.1. The molecule has 4 aliphatic rings. The lowest BCUT2D eigenvalue weighted by Crippen LogP contribution is -2.52. The maximum atomic E-state index is 12.6. The Balaban J connectivity index is 1.38. The summed E-state index contributed by atoms with van der Waals surface area (Å²) in [5.74, 6) is 3.56. The smallest absolute Gasteiger partial charge is 0.338 e. The number of hydrogen-bond acceptors (Lipinski definition) is 7. The van der Waals surface area contributed by atoms with Crippen molar-refractivity contribution in [1.82, 2.24) is 0 Å². The third-order valence-corrected chi connectivity index (χ3v) is 12.0. The van der Waals surface area contributed by atoms with Crippen LogP contribution in [0.1, 0.15) is 105 Å². The van der Waals surface area contributed by atoms with Crippen LogP contribution >= 0.6 is 0 Å². The molecule has 3 fully saturated rings. The summed E-state index contributed by atoms with van der Waals surface area (Å²) in [7, 11) is 0. The maximum Gasteiger partial charge on any atom is 0.338 e. The van der Waals surface area contributed by atoms with E-state index in [0.717, 1.165) is 42.4 Å². The highest BCUT2D eigenvalue weighted by Crippen LogP contribution is 2.67. The molecule has 230 valence electrons. The molecule has 7 nitrogen and oxygen atoms in total. The zero-order valence-electron chi connectivity index (χ0n) is 25.5. The molecule has 4 aliphatic carbocycles. The summed E-state index contributed by atoms with van der Waals surface area (Å²) in [5.41, 5.74) is 1.91. The molecule has 5 unspecified atom stereocenters. The summed E-state index contributed by atoms with van der Waals surface area (Å²) < 4.78 is 5.60. The van der Waals surface area contributed by atoms with Crippen LogP contribution in [0.4, 0.5) is 0 Å². The Labute approximate surface area is 241 Å². The Morgan fingerprint density at radius 3 is 2.38 bits per heavy atom. The molecule has 0 aromatic heterocycles. The fourth-order valence-electron chi connectivity index (χ4n) is 9.65. The fraction of sp³-hybridized carbons (Fsp3) is 0.909. The van der Waals surface area contributed by atoms with Crippen LogP contribution in [0.2, 0.25) is 0 Å². The van der Waals surface area contributed by atoms with Crippen LogP contribution in [0, 0.1) is 46.3 Å². The van der Waals surface area contributed by atoms with Crippen LogP contribution in [0.3, 0.4) is 0 Å². The van der Waals surface area contributed by atoms with Gasteiger partial charge in [-0.15, -0.1) is 0 Å². The Bertz CT molecular complexity index is 903. The number of carbonyl (C=O) groups excluding carboxylic acids is 1. The second kappa shape index (κ2) is 12.7. The van der Waals surface area contributed by atoms with E-state index in [2.05, 4.69) is 40.7 Å². The minimum atomic E-state index is -1.99. The molecule has 7 heteroatoms. The third kappa shape index (κ3) is 6.06. The fourth-order valence-corrected chi connectivity index (χ4v) is 9.65. The molecular weight excluding hydrogens is 508 g/mol. The van der Waals surface area contributed by atoms with E-state index < -0.39 is 37.0 Å². The Kier molecular flexibility index (Phi) is 10.1. The summed E-state index contributed by atoms with van der Waals surface area (Å²) in [6.07, 6.45) is 7.29. The number of carbonyl (C=O) groups is 1. The lowest BCUT2D eigenvalue weighted by Gasteiger charge is -2.58. The van der Waals surface area contributed by atoms with Gasteiger partial charge < -0.3 is 30.3 Å². The largest absolute Gasteiger partial charge is 0.460 e. The van der Waals surface area contributed by atoms with Gasteiger partial charge in [0.15, 0.2) is 6.10 Å². The average molecular weight is 565 g/mol. The van der Waals surface area contributed by atoms with Crippen molar-refractivity contribution in [3.63, 3.8) is 0 Å². The highest BCUT2D eigenvalue weighted by molar-refractivity contribution is 5.75. The van der Waals surface area contributed by atoms with Crippen molar-refractivity contribution in [1.29, 1.82) is 0 Å². The summed E-state index contributed by atoms with van der Waals surface area (Å²) in [6.45, 7) is 11.4. The van der Waals surface area contributed by atoms with Gasteiger partial charge in [0.25, 0.3) is 0 Å². The van der Waals surface area contributed by atoms with Gasteiger partial charge in [0.05, 0.1) is 6.61 Å². The van der Waals surface area contributed by atoms with Crippen molar-refractivity contribution in [3.05, 3.63) is 11.6 Å². The maximum absolute atomic E-state index is 12.6. The minimum Gasteiger partial charge on any atom is -0.460 e. The summed E-state index contributed by atoms with van der Waals surface area (Å²) in [4.78, 5) is 12.6. The van der Waals surface area contributed by atoms with Gasteiger partial charge in [-0.05, 0) is 91.3 Å².